The number of pyridine rings is 1. The lowest BCUT2D eigenvalue weighted by molar-refractivity contribution is -0.114. The van der Waals surface area contributed by atoms with Gasteiger partial charge in [0.15, 0.2) is 5.13 Å². The van der Waals surface area contributed by atoms with Crippen LogP contribution in [0.2, 0.25) is 0 Å². The van der Waals surface area contributed by atoms with Crippen LogP contribution in [0.5, 0.6) is 0 Å². The smallest absolute Gasteiger partial charge is 0.223 e. The van der Waals surface area contributed by atoms with Crippen molar-refractivity contribution in [3.63, 3.8) is 0 Å². The zero-order valence-electron chi connectivity index (χ0n) is 16.9. The number of aryl methyl sites for hydroxylation is 1. The van der Waals surface area contributed by atoms with E-state index in [-0.39, 0.29) is 5.91 Å². The Morgan fingerprint density at radius 1 is 1.10 bits per heavy atom. The molecule has 5 nitrogen and oxygen atoms in total. The minimum atomic E-state index is -0.0734. The van der Waals surface area contributed by atoms with Crippen molar-refractivity contribution in [3.8, 4) is 0 Å². The summed E-state index contributed by atoms with van der Waals surface area (Å²) < 4.78 is 0. The first-order chi connectivity index (χ1) is 14.1. The van der Waals surface area contributed by atoms with Crippen LogP contribution in [-0.2, 0) is 17.8 Å². The predicted octanol–water partition coefficient (Wildman–Crippen LogP) is 4.73. The quantitative estimate of drug-likeness (QED) is 0.643. The fourth-order valence-electron chi connectivity index (χ4n) is 3.82. The SMILES string of the molecule is CC(=O)Nc1ncc(C2CCCN2Cc2ccc(Cc3ccc(C)nc3)cc2)s1. The van der Waals surface area contributed by atoms with Crippen molar-refractivity contribution >= 4 is 22.4 Å². The number of benzene rings is 1. The van der Waals surface area contributed by atoms with Crippen LogP contribution in [0, 0.1) is 6.92 Å². The number of thiazole rings is 1. The Morgan fingerprint density at radius 3 is 2.59 bits per heavy atom. The van der Waals surface area contributed by atoms with E-state index in [1.807, 2.05) is 19.3 Å². The molecule has 6 heteroatoms. The maximum atomic E-state index is 11.2. The van der Waals surface area contributed by atoms with Crippen LogP contribution in [0.15, 0.2) is 48.8 Å². The Bertz CT molecular complexity index is 965. The summed E-state index contributed by atoms with van der Waals surface area (Å²) in [5, 5.41) is 3.48. The molecule has 3 heterocycles. The molecule has 1 N–H and O–H groups in total. The fraction of sp³-hybridized carbons (Fsp3) is 0.348. The van der Waals surface area contributed by atoms with Gasteiger partial charge in [-0.05, 0) is 55.5 Å². The Morgan fingerprint density at radius 2 is 1.86 bits per heavy atom. The fourth-order valence-corrected chi connectivity index (χ4v) is 4.85. The average molecular weight is 407 g/mol. The second-order valence-corrected chi connectivity index (χ2v) is 8.74. The largest absolute Gasteiger partial charge is 0.302 e. The normalized spacial score (nSPS) is 16.8. The summed E-state index contributed by atoms with van der Waals surface area (Å²) in [6.07, 6.45) is 7.11. The number of nitrogens with one attached hydrogen (secondary N) is 1. The first-order valence-corrected chi connectivity index (χ1v) is 10.9. The Kier molecular flexibility index (Phi) is 6.02. The lowest BCUT2D eigenvalue weighted by Gasteiger charge is -2.23. The van der Waals surface area contributed by atoms with Gasteiger partial charge in [0.1, 0.15) is 0 Å². The summed E-state index contributed by atoms with van der Waals surface area (Å²) >= 11 is 1.59. The zero-order valence-corrected chi connectivity index (χ0v) is 17.7. The van der Waals surface area contributed by atoms with Gasteiger partial charge in [-0.1, -0.05) is 30.3 Å². The molecule has 3 aromatic rings. The molecular weight excluding hydrogens is 380 g/mol. The molecule has 0 saturated carbocycles. The molecule has 0 aliphatic carbocycles. The highest BCUT2D eigenvalue weighted by molar-refractivity contribution is 7.15. The van der Waals surface area contributed by atoms with Gasteiger partial charge < -0.3 is 5.32 Å². The second-order valence-electron chi connectivity index (χ2n) is 7.68. The number of hydrogen-bond acceptors (Lipinski definition) is 5. The van der Waals surface area contributed by atoms with Crippen LogP contribution in [0.25, 0.3) is 0 Å². The minimum Gasteiger partial charge on any atom is -0.302 e. The first-order valence-electron chi connectivity index (χ1n) is 10.0. The molecule has 1 fully saturated rings. The Balaban J connectivity index is 1.39. The van der Waals surface area contributed by atoms with Gasteiger partial charge in [0.2, 0.25) is 5.91 Å². The molecule has 1 aliphatic heterocycles. The highest BCUT2D eigenvalue weighted by Crippen LogP contribution is 2.37. The molecule has 150 valence electrons. The van der Waals surface area contributed by atoms with E-state index >= 15 is 0 Å². The molecule has 0 bridgehead atoms. The average Bonchev–Trinajstić information content (AvgIpc) is 3.34. The van der Waals surface area contributed by atoms with Crippen molar-refractivity contribution in [2.24, 2.45) is 0 Å². The maximum absolute atomic E-state index is 11.2. The summed E-state index contributed by atoms with van der Waals surface area (Å²) in [6.45, 7) is 5.55. The van der Waals surface area contributed by atoms with Gasteiger partial charge in [0, 0.05) is 42.5 Å². The molecular formula is C23H26N4OS. The van der Waals surface area contributed by atoms with Gasteiger partial charge in [0.05, 0.1) is 0 Å². The number of amides is 1. The molecule has 1 aliphatic rings. The van der Waals surface area contributed by atoms with Gasteiger partial charge in [-0.25, -0.2) is 4.98 Å². The molecule has 1 amide bonds. The number of anilines is 1. The summed E-state index contributed by atoms with van der Waals surface area (Å²) in [6, 6.07) is 13.5. The number of hydrogen-bond donors (Lipinski definition) is 1. The zero-order chi connectivity index (χ0) is 20.2. The molecule has 2 aromatic heterocycles. The van der Waals surface area contributed by atoms with Crippen molar-refractivity contribution in [3.05, 3.63) is 76.1 Å². The van der Waals surface area contributed by atoms with Crippen molar-refractivity contribution < 1.29 is 4.79 Å². The van der Waals surface area contributed by atoms with Gasteiger partial charge in [0.25, 0.3) is 0 Å². The van der Waals surface area contributed by atoms with Crippen molar-refractivity contribution in [2.45, 2.75) is 45.7 Å². The molecule has 29 heavy (non-hydrogen) atoms. The third kappa shape index (κ3) is 5.08. The van der Waals surface area contributed by atoms with Crippen LogP contribution in [-0.4, -0.2) is 27.3 Å². The summed E-state index contributed by atoms with van der Waals surface area (Å²) in [4.78, 5) is 23.7. The molecule has 0 spiro atoms. The standard InChI is InChI=1S/C23H26N4OS/c1-16-5-6-20(13-24-16)12-18-7-9-19(10-8-18)15-27-11-3-4-21(27)22-14-25-23(29-22)26-17(2)28/h5-10,13-14,21H,3-4,11-12,15H2,1-2H3,(H,25,26,28). The van der Waals surface area contributed by atoms with Gasteiger partial charge in [-0.3, -0.25) is 14.7 Å². The highest BCUT2D eigenvalue weighted by atomic mass is 32.1. The van der Waals surface area contributed by atoms with Gasteiger partial charge in [-0.15, -0.1) is 11.3 Å². The molecule has 4 rings (SSSR count). The summed E-state index contributed by atoms with van der Waals surface area (Å²) in [5.74, 6) is -0.0734. The third-order valence-corrected chi connectivity index (χ3v) is 6.30. The van der Waals surface area contributed by atoms with Crippen molar-refractivity contribution in [2.75, 3.05) is 11.9 Å². The molecule has 0 radical (unpaired) electrons. The van der Waals surface area contributed by atoms with Crippen molar-refractivity contribution in [1.29, 1.82) is 0 Å². The van der Waals surface area contributed by atoms with E-state index < -0.39 is 0 Å². The number of likely N-dealkylation sites (tertiary alicyclic amines) is 1. The molecule has 1 unspecified atom stereocenters. The van der Waals surface area contributed by atoms with Gasteiger partial charge in [-0.2, -0.15) is 0 Å². The van der Waals surface area contributed by atoms with Gasteiger partial charge >= 0.3 is 0 Å². The van der Waals surface area contributed by atoms with Crippen LogP contribution >= 0.6 is 11.3 Å². The lowest BCUT2D eigenvalue weighted by atomic mass is 10.0. The van der Waals surface area contributed by atoms with Crippen LogP contribution in [0.3, 0.4) is 0 Å². The highest BCUT2D eigenvalue weighted by Gasteiger charge is 2.27. The second kappa shape index (κ2) is 8.84. The van der Waals surface area contributed by atoms with E-state index in [1.165, 1.54) is 34.9 Å². The Labute approximate surface area is 175 Å². The van der Waals surface area contributed by atoms with Crippen LogP contribution in [0.1, 0.15) is 53.1 Å². The predicted molar refractivity (Wildman–Crippen MR) is 117 cm³/mol. The Hall–Kier alpha value is -2.57. The van der Waals surface area contributed by atoms with E-state index in [4.69, 9.17) is 0 Å². The number of rotatable bonds is 6. The lowest BCUT2D eigenvalue weighted by Crippen LogP contribution is -2.22. The van der Waals surface area contributed by atoms with E-state index in [2.05, 4.69) is 56.6 Å². The molecule has 1 saturated heterocycles. The number of carbonyl (C=O) groups is 1. The van der Waals surface area contributed by atoms with E-state index in [1.54, 1.807) is 11.3 Å². The molecule has 1 aromatic carbocycles. The first kappa shape index (κ1) is 19.7. The summed E-state index contributed by atoms with van der Waals surface area (Å²) in [5.41, 5.74) is 4.92. The number of nitrogens with zero attached hydrogens (tertiary/aromatic N) is 3. The monoisotopic (exact) mass is 406 g/mol. The van der Waals surface area contributed by atoms with E-state index in [0.29, 0.717) is 11.2 Å². The maximum Gasteiger partial charge on any atom is 0.223 e. The van der Waals surface area contributed by atoms with E-state index in [0.717, 1.165) is 31.6 Å². The molecule has 1 atom stereocenters. The number of carbonyl (C=O) groups excluding carboxylic acids is 1. The minimum absolute atomic E-state index is 0.0734. The number of aromatic nitrogens is 2. The van der Waals surface area contributed by atoms with E-state index in [9.17, 15) is 4.79 Å². The van der Waals surface area contributed by atoms with Crippen LogP contribution in [0.4, 0.5) is 5.13 Å². The van der Waals surface area contributed by atoms with Crippen molar-refractivity contribution in [1.82, 2.24) is 14.9 Å². The summed E-state index contributed by atoms with van der Waals surface area (Å²) in [7, 11) is 0. The van der Waals surface area contributed by atoms with Crippen LogP contribution < -0.4 is 5.32 Å². The topological polar surface area (TPSA) is 58.1 Å². The third-order valence-electron chi connectivity index (χ3n) is 5.29.